The molecule has 0 aliphatic carbocycles. The van der Waals surface area contributed by atoms with Gasteiger partial charge in [0.1, 0.15) is 11.3 Å². The zero-order valence-corrected chi connectivity index (χ0v) is 13.8. The highest BCUT2D eigenvalue weighted by atomic mass is 16.5. The van der Waals surface area contributed by atoms with E-state index in [9.17, 15) is 9.59 Å². The second-order valence-corrected chi connectivity index (χ2v) is 5.52. The highest BCUT2D eigenvalue weighted by Gasteiger charge is 2.17. The van der Waals surface area contributed by atoms with E-state index in [2.05, 4.69) is 0 Å². The third-order valence-electron chi connectivity index (χ3n) is 3.60. The Hall–Kier alpha value is -2.62. The van der Waals surface area contributed by atoms with Gasteiger partial charge in [-0.15, -0.1) is 0 Å². The number of aryl methyl sites for hydroxylation is 3. The summed E-state index contributed by atoms with van der Waals surface area (Å²) in [6.45, 7) is 5.36. The van der Waals surface area contributed by atoms with Gasteiger partial charge in [-0.1, -0.05) is 29.3 Å². The maximum absolute atomic E-state index is 12.3. The van der Waals surface area contributed by atoms with E-state index in [1.807, 2.05) is 39.0 Å². The Morgan fingerprint density at radius 1 is 0.913 bits per heavy atom. The average Bonchev–Trinajstić information content (AvgIpc) is 2.54. The molecule has 4 heteroatoms. The van der Waals surface area contributed by atoms with Gasteiger partial charge in [-0.25, -0.2) is 4.79 Å². The molecule has 0 saturated heterocycles. The molecule has 0 amide bonds. The molecule has 0 fully saturated rings. The standard InChI is InChI=1S/C19H20O4/c1-12-5-7-14(3)15(9-12)17(20)11-23-19(21)16-10-13(2)6-8-18(16)22-4/h5-10H,11H2,1-4H3. The molecular weight excluding hydrogens is 292 g/mol. The maximum atomic E-state index is 12.3. The van der Waals surface area contributed by atoms with Gasteiger partial charge >= 0.3 is 5.97 Å². The SMILES string of the molecule is COc1ccc(C)cc1C(=O)OCC(=O)c1cc(C)ccc1C. The molecule has 0 aliphatic rings. The van der Waals surface area contributed by atoms with Crippen LogP contribution in [0.3, 0.4) is 0 Å². The van der Waals surface area contributed by atoms with Gasteiger partial charge in [0.2, 0.25) is 5.78 Å². The Balaban J connectivity index is 2.11. The number of rotatable bonds is 5. The van der Waals surface area contributed by atoms with Crippen LogP contribution in [0.4, 0.5) is 0 Å². The number of esters is 1. The fraction of sp³-hybridized carbons (Fsp3) is 0.263. The predicted molar refractivity (Wildman–Crippen MR) is 88.3 cm³/mol. The molecule has 0 radical (unpaired) electrons. The molecule has 0 N–H and O–H groups in total. The van der Waals surface area contributed by atoms with E-state index in [1.54, 1.807) is 18.2 Å². The van der Waals surface area contributed by atoms with Gasteiger partial charge in [0.25, 0.3) is 0 Å². The molecule has 4 nitrogen and oxygen atoms in total. The van der Waals surface area contributed by atoms with Crippen LogP contribution in [-0.4, -0.2) is 25.5 Å². The molecule has 0 atom stereocenters. The minimum atomic E-state index is -0.566. The van der Waals surface area contributed by atoms with Crippen LogP contribution in [0.5, 0.6) is 5.75 Å². The molecule has 0 bridgehead atoms. The van der Waals surface area contributed by atoms with Crippen LogP contribution in [-0.2, 0) is 4.74 Å². The molecule has 2 rings (SSSR count). The van der Waals surface area contributed by atoms with Crippen molar-refractivity contribution in [3.8, 4) is 5.75 Å². The largest absolute Gasteiger partial charge is 0.496 e. The number of hydrogen-bond donors (Lipinski definition) is 0. The van der Waals surface area contributed by atoms with Gasteiger partial charge in [-0.05, 0) is 44.5 Å². The van der Waals surface area contributed by atoms with Crippen LogP contribution in [0, 0.1) is 20.8 Å². The summed E-state index contributed by atoms with van der Waals surface area (Å²) in [7, 11) is 1.49. The van der Waals surface area contributed by atoms with Crippen molar-refractivity contribution >= 4 is 11.8 Å². The summed E-state index contributed by atoms with van der Waals surface area (Å²) in [5, 5.41) is 0. The molecule has 0 heterocycles. The molecule has 0 saturated carbocycles. The predicted octanol–water partition coefficient (Wildman–Crippen LogP) is 3.66. The molecular formula is C19H20O4. The third kappa shape index (κ3) is 3.97. The summed E-state index contributed by atoms with van der Waals surface area (Å²) in [4.78, 5) is 24.5. The lowest BCUT2D eigenvalue weighted by Crippen LogP contribution is -2.16. The maximum Gasteiger partial charge on any atom is 0.342 e. The molecule has 120 valence electrons. The van der Waals surface area contributed by atoms with Gasteiger partial charge in [0.05, 0.1) is 7.11 Å². The first kappa shape index (κ1) is 16.7. The minimum Gasteiger partial charge on any atom is -0.496 e. The first-order valence-corrected chi connectivity index (χ1v) is 7.34. The van der Waals surface area contributed by atoms with Crippen molar-refractivity contribution in [1.82, 2.24) is 0 Å². The fourth-order valence-electron chi connectivity index (χ4n) is 2.30. The van der Waals surface area contributed by atoms with E-state index in [0.717, 1.165) is 16.7 Å². The fourth-order valence-corrected chi connectivity index (χ4v) is 2.30. The third-order valence-corrected chi connectivity index (χ3v) is 3.60. The quantitative estimate of drug-likeness (QED) is 0.624. The number of hydrogen-bond acceptors (Lipinski definition) is 4. The topological polar surface area (TPSA) is 52.6 Å². The van der Waals surface area contributed by atoms with Crippen LogP contribution >= 0.6 is 0 Å². The molecule has 2 aromatic carbocycles. The van der Waals surface area contributed by atoms with E-state index < -0.39 is 5.97 Å². The number of Topliss-reactive ketones (excluding diaryl/α,β-unsaturated/α-hetero) is 1. The van der Waals surface area contributed by atoms with Crippen molar-refractivity contribution < 1.29 is 19.1 Å². The van der Waals surface area contributed by atoms with Crippen molar-refractivity contribution in [3.05, 3.63) is 64.2 Å². The molecule has 0 aromatic heterocycles. The van der Waals surface area contributed by atoms with E-state index in [-0.39, 0.29) is 12.4 Å². The van der Waals surface area contributed by atoms with E-state index in [4.69, 9.17) is 9.47 Å². The monoisotopic (exact) mass is 312 g/mol. The van der Waals surface area contributed by atoms with Gasteiger partial charge in [-0.3, -0.25) is 4.79 Å². The van der Waals surface area contributed by atoms with Gasteiger partial charge in [0.15, 0.2) is 6.61 Å². The Morgan fingerprint density at radius 3 is 2.17 bits per heavy atom. The number of benzene rings is 2. The number of carbonyl (C=O) groups excluding carboxylic acids is 2. The highest BCUT2D eigenvalue weighted by Crippen LogP contribution is 2.21. The van der Waals surface area contributed by atoms with Crippen molar-refractivity contribution in [3.63, 3.8) is 0 Å². The zero-order valence-electron chi connectivity index (χ0n) is 13.8. The van der Waals surface area contributed by atoms with Crippen molar-refractivity contribution in [2.24, 2.45) is 0 Å². The number of ketones is 1. The van der Waals surface area contributed by atoms with E-state index >= 15 is 0 Å². The lowest BCUT2D eigenvalue weighted by Gasteiger charge is -2.10. The average molecular weight is 312 g/mol. The van der Waals surface area contributed by atoms with Crippen LogP contribution in [0.25, 0.3) is 0 Å². The summed E-state index contributed by atoms with van der Waals surface area (Å²) in [5.74, 6) is -0.352. The van der Waals surface area contributed by atoms with Crippen LogP contribution in [0.2, 0.25) is 0 Å². The second kappa shape index (κ2) is 7.09. The van der Waals surface area contributed by atoms with Crippen LogP contribution in [0.1, 0.15) is 37.4 Å². The van der Waals surface area contributed by atoms with Gasteiger partial charge < -0.3 is 9.47 Å². The lowest BCUT2D eigenvalue weighted by molar-refractivity contribution is 0.0471. The Bertz CT molecular complexity index is 747. The normalized spacial score (nSPS) is 10.3. The van der Waals surface area contributed by atoms with Crippen LogP contribution < -0.4 is 4.74 Å². The van der Waals surface area contributed by atoms with Crippen molar-refractivity contribution in [2.45, 2.75) is 20.8 Å². The summed E-state index contributed by atoms with van der Waals surface area (Å²) >= 11 is 0. The van der Waals surface area contributed by atoms with E-state index in [0.29, 0.717) is 16.9 Å². The molecule has 0 unspecified atom stereocenters. The van der Waals surface area contributed by atoms with Crippen LogP contribution in [0.15, 0.2) is 36.4 Å². The Labute approximate surface area is 136 Å². The van der Waals surface area contributed by atoms with E-state index in [1.165, 1.54) is 7.11 Å². The smallest absolute Gasteiger partial charge is 0.342 e. The van der Waals surface area contributed by atoms with Crippen molar-refractivity contribution in [2.75, 3.05) is 13.7 Å². The molecule has 0 aliphatic heterocycles. The molecule has 23 heavy (non-hydrogen) atoms. The van der Waals surface area contributed by atoms with Gasteiger partial charge in [0, 0.05) is 5.56 Å². The van der Waals surface area contributed by atoms with Crippen molar-refractivity contribution in [1.29, 1.82) is 0 Å². The number of carbonyl (C=O) groups is 2. The zero-order chi connectivity index (χ0) is 17.0. The summed E-state index contributed by atoms with van der Waals surface area (Å²) < 4.78 is 10.3. The lowest BCUT2D eigenvalue weighted by atomic mass is 10.0. The molecule has 0 spiro atoms. The summed E-state index contributed by atoms with van der Waals surface area (Å²) in [5.41, 5.74) is 3.67. The first-order chi connectivity index (χ1) is 10.9. The van der Waals surface area contributed by atoms with Gasteiger partial charge in [-0.2, -0.15) is 0 Å². The summed E-state index contributed by atoms with van der Waals surface area (Å²) in [6.07, 6.45) is 0. The number of ether oxygens (including phenoxy) is 2. The Morgan fingerprint density at radius 2 is 1.52 bits per heavy atom. The minimum absolute atomic E-state index is 0.217. The molecule has 2 aromatic rings. The first-order valence-electron chi connectivity index (χ1n) is 7.34. The highest BCUT2D eigenvalue weighted by molar-refractivity contribution is 6.01. The number of methoxy groups -OCH3 is 1. The Kier molecular flexibility index (Phi) is 5.16. The summed E-state index contributed by atoms with van der Waals surface area (Å²) in [6, 6.07) is 10.9. The second-order valence-electron chi connectivity index (χ2n) is 5.52.